The van der Waals surface area contributed by atoms with Gasteiger partial charge < -0.3 is 0 Å². The molecule has 116 valence electrons. The minimum absolute atomic E-state index is 0.944. The topological polar surface area (TPSA) is 0 Å². The molecule has 0 heterocycles. The summed E-state index contributed by atoms with van der Waals surface area (Å²) in [6.07, 6.45) is 21.7. The Balaban J connectivity index is 3.07. The first-order valence-electron chi connectivity index (χ1n) is 8.95. The molecule has 1 unspecified atom stereocenters. The second-order valence-electron chi connectivity index (χ2n) is 6.06. The summed E-state index contributed by atoms with van der Waals surface area (Å²) in [5.74, 6) is 0. The molecule has 0 saturated carbocycles. The first-order valence-corrected chi connectivity index (χ1v) is 10.2. The maximum atomic E-state index is 2.68. The summed E-state index contributed by atoms with van der Waals surface area (Å²) in [5, 5.41) is 0. The third-order valence-electron chi connectivity index (χ3n) is 3.99. The van der Waals surface area contributed by atoms with Gasteiger partial charge in [-0.15, -0.1) is 0 Å². The molecule has 0 N–H and O–H groups in total. The minimum Gasteiger partial charge on any atom is -0.0826 e. The predicted molar refractivity (Wildman–Crippen MR) is 98.4 cm³/mol. The van der Waals surface area contributed by atoms with E-state index in [0.29, 0.717) is 0 Å². The first kappa shape index (κ1) is 19.7. The van der Waals surface area contributed by atoms with E-state index in [1.54, 1.807) is 0 Å². The number of rotatable bonds is 15. The third kappa shape index (κ3) is 16.7. The fourth-order valence-electron chi connectivity index (χ4n) is 2.61. The van der Waals surface area contributed by atoms with E-state index >= 15 is 0 Å². The average molecular weight is 380 g/mol. The Morgan fingerprint density at radius 2 is 0.842 bits per heavy atom. The molecule has 0 fully saturated rings. The van der Waals surface area contributed by atoms with Crippen LogP contribution >= 0.6 is 22.6 Å². The SMILES string of the molecule is CCCCCCCCCCCC(I)CCCCCC. The molecule has 19 heavy (non-hydrogen) atoms. The van der Waals surface area contributed by atoms with Crippen LogP contribution in [0.3, 0.4) is 0 Å². The van der Waals surface area contributed by atoms with Crippen molar-refractivity contribution in [3.63, 3.8) is 0 Å². The van der Waals surface area contributed by atoms with Crippen LogP contribution in [0.2, 0.25) is 0 Å². The van der Waals surface area contributed by atoms with Gasteiger partial charge in [0.25, 0.3) is 0 Å². The van der Waals surface area contributed by atoms with Crippen molar-refractivity contribution in [2.75, 3.05) is 0 Å². The van der Waals surface area contributed by atoms with E-state index in [9.17, 15) is 0 Å². The van der Waals surface area contributed by atoms with Crippen LogP contribution in [0, 0.1) is 0 Å². The zero-order chi connectivity index (χ0) is 14.2. The van der Waals surface area contributed by atoms with Gasteiger partial charge in [0.05, 0.1) is 0 Å². The van der Waals surface area contributed by atoms with Crippen LogP contribution in [0.4, 0.5) is 0 Å². The lowest BCUT2D eigenvalue weighted by atomic mass is 10.0. The van der Waals surface area contributed by atoms with Crippen molar-refractivity contribution < 1.29 is 0 Å². The van der Waals surface area contributed by atoms with Gasteiger partial charge >= 0.3 is 0 Å². The van der Waals surface area contributed by atoms with Crippen LogP contribution in [-0.4, -0.2) is 3.92 Å². The highest BCUT2D eigenvalue weighted by molar-refractivity contribution is 14.1. The maximum Gasteiger partial charge on any atom is 0.0110 e. The van der Waals surface area contributed by atoms with E-state index in [1.807, 2.05) is 0 Å². The lowest BCUT2D eigenvalue weighted by Crippen LogP contribution is -1.97. The highest BCUT2D eigenvalue weighted by Gasteiger charge is 2.03. The Morgan fingerprint density at radius 1 is 0.526 bits per heavy atom. The van der Waals surface area contributed by atoms with Crippen molar-refractivity contribution in [3.8, 4) is 0 Å². The Hall–Kier alpha value is 0.730. The van der Waals surface area contributed by atoms with Crippen LogP contribution in [0.1, 0.15) is 110 Å². The molecule has 0 aliphatic carbocycles. The van der Waals surface area contributed by atoms with E-state index in [0.717, 1.165) is 3.92 Å². The Labute approximate surface area is 136 Å². The minimum atomic E-state index is 0.944. The van der Waals surface area contributed by atoms with Crippen LogP contribution in [0.25, 0.3) is 0 Å². The van der Waals surface area contributed by atoms with Gasteiger partial charge in [-0.1, -0.05) is 120 Å². The van der Waals surface area contributed by atoms with Crippen molar-refractivity contribution in [1.82, 2.24) is 0 Å². The highest BCUT2D eigenvalue weighted by atomic mass is 127. The molecule has 0 amide bonds. The van der Waals surface area contributed by atoms with Gasteiger partial charge in [-0.05, 0) is 12.8 Å². The summed E-state index contributed by atoms with van der Waals surface area (Å²) in [4.78, 5) is 0. The lowest BCUT2D eigenvalue weighted by molar-refractivity contribution is 0.542. The molecular formula is C18H37I. The second-order valence-corrected chi connectivity index (χ2v) is 7.83. The highest BCUT2D eigenvalue weighted by Crippen LogP contribution is 2.19. The Morgan fingerprint density at radius 3 is 1.26 bits per heavy atom. The van der Waals surface area contributed by atoms with E-state index in [4.69, 9.17) is 0 Å². The van der Waals surface area contributed by atoms with Gasteiger partial charge in [0.15, 0.2) is 0 Å². The summed E-state index contributed by atoms with van der Waals surface area (Å²) in [6, 6.07) is 0. The maximum absolute atomic E-state index is 2.68. The predicted octanol–water partition coefficient (Wildman–Crippen LogP) is 7.68. The van der Waals surface area contributed by atoms with Gasteiger partial charge in [-0.2, -0.15) is 0 Å². The first-order chi connectivity index (χ1) is 9.31. The number of halogens is 1. The van der Waals surface area contributed by atoms with Crippen molar-refractivity contribution in [1.29, 1.82) is 0 Å². The summed E-state index contributed by atoms with van der Waals surface area (Å²) in [7, 11) is 0. The second kappa shape index (κ2) is 16.8. The summed E-state index contributed by atoms with van der Waals surface area (Å²) in [6.45, 7) is 4.59. The van der Waals surface area contributed by atoms with E-state index in [1.165, 1.54) is 96.3 Å². The zero-order valence-corrected chi connectivity index (χ0v) is 15.7. The van der Waals surface area contributed by atoms with Gasteiger partial charge in [0.1, 0.15) is 0 Å². The smallest absolute Gasteiger partial charge is 0.0110 e. The number of hydrogen-bond donors (Lipinski definition) is 0. The molecule has 0 aromatic carbocycles. The Kier molecular flexibility index (Phi) is 17.4. The van der Waals surface area contributed by atoms with Gasteiger partial charge in [-0.25, -0.2) is 0 Å². The van der Waals surface area contributed by atoms with Crippen molar-refractivity contribution in [3.05, 3.63) is 0 Å². The molecule has 0 aliphatic heterocycles. The van der Waals surface area contributed by atoms with Gasteiger partial charge in [-0.3, -0.25) is 0 Å². The van der Waals surface area contributed by atoms with Crippen LogP contribution in [0.15, 0.2) is 0 Å². The molecule has 1 atom stereocenters. The number of unbranched alkanes of at least 4 members (excludes halogenated alkanes) is 11. The van der Waals surface area contributed by atoms with Crippen LogP contribution < -0.4 is 0 Å². The molecule has 0 aliphatic rings. The van der Waals surface area contributed by atoms with E-state index < -0.39 is 0 Å². The number of alkyl halides is 1. The summed E-state index contributed by atoms with van der Waals surface area (Å²) >= 11 is 2.68. The molecule has 0 aromatic heterocycles. The third-order valence-corrected chi connectivity index (χ3v) is 5.24. The Bertz CT molecular complexity index is 156. The number of hydrogen-bond acceptors (Lipinski definition) is 0. The van der Waals surface area contributed by atoms with Crippen LogP contribution in [-0.2, 0) is 0 Å². The normalized spacial score (nSPS) is 12.8. The molecule has 0 aromatic rings. The lowest BCUT2D eigenvalue weighted by Gasteiger charge is -2.09. The average Bonchev–Trinajstić information content (AvgIpc) is 2.42. The fourth-order valence-corrected chi connectivity index (χ4v) is 3.49. The van der Waals surface area contributed by atoms with Crippen molar-refractivity contribution in [2.24, 2.45) is 0 Å². The largest absolute Gasteiger partial charge is 0.0826 e. The van der Waals surface area contributed by atoms with E-state index in [2.05, 4.69) is 36.4 Å². The molecule has 0 nitrogen and oxygen atoms in total. The van der Waals surface area contributed by atoms with Crippen LogP contribution in [0.5, 0.6) is 0 Å². The monoisotopic (exact) mass is 380 g/mol. The zero-order valence-electron chi connectivity index (χ0n) is 13.6. The molecule has 0 spiro atoms. The summed E-state index contributed by atoms with van der Waals surface area (Å²) in [5.41, 5.74) is 0. The quantitative estimate of drug-likeness (QED) is 0.155. The van der Waals surface area contributed by atoms with Gasteiger partial charge in [0, 0.05) is 3.92 Å². The molecule has 0 rings (SSSR count). The molecule has 1 heteroatoms. The molecule has 0 saturated heterocycles. The molecular weight excluding hydrogens is 343 g/mol. The summed E-state index contributed by atoms with van der Waals surface area (Å²) < 4.78 is 0.944. The standard InChI is InChI=1S/C18H37I/c1-3-5-7-9-10-11-12-13-15-17-18(19)16-14-8-6-4-2/h18H,3-17H2,1-2H3. The van der Waals surface area contributed by atoms with Crippen molar-refractivity contribution >= 4 is 22.6 Å². The molecule has 0 bridgehead atoms. The van der Waals surface area contributed by atoms with E-state index in [-0.39, 0.29) is 0 Å². The fraction of sp³-hybridized carbons (Fsp3) is 1.00. The van der Waals surface area contributed by atoms with Gasteiger partial charge in [0.2, 0.25) is 0 Å². The molecule has 0 radical (unpaired) electrons. The van der Waals surface area contributed by atoms with Crippen molar-refractivity contribution in [2.45, 2.75) is 114 Å².